The molecule has 1 aliphatic heterocycles. The van der Waals surface area contributed by atoms with Gasteiger partial charge in [-0.25, -0.2) is 18.7 Å². The number of halogens is 5. The summed E-state index contributed by atoms with van der Waals surface area (Å²) in [6.45, 7) is 5.40. The van der Waals surface area contributed by atoms with Crippen LogP contribution in [0.1, 0.15) is 30.7 Å². The second-order valence-electron chi connectivity index (χ2n) is 9.03. The summed E-state index contributed by atoms with van der Waals surface area (Å²) in [4.78, 5) is 10.2. The lowest BCUT2D eigenvalue weighted by atomic mass is 10.1. The lowest BCUT2D eigenvalue weighted by Gasteiger charge is -2.34. The van der Waals surface area contributed by atoms with E-state index in [0.29, 0.717) is 31.1 Å². The van der Waals surface area contributed by atoms with Gasteiger partial charge in [0.15, 0.2) is 11.6 Å². The Labute approximate surface area is 216 Å². The zero-order valence-corrected chi connectivity index (χ0v) is 20.6. The Morgan fingerprint density at radius 2 is 1.82 bits per heavy atom. The van der Waals surface area contributed by atoms with Gasteiger partial charge in [-0.2, -0.15) is 0 Å². The van der Waals surface area contributed by atoms with E-state index in [1.165, 1.54) is 6.20 Å². The maximum absolute atomic E-state index is 13.5. The Balaban J connectivity index is 1.51. The van der Waals surface area contributed by atoms with Gasteiger partial charge in [0.1, 0.15) is 12.4 Å². The molecule has 0 unspecified atom stereocenters. The van der Waals surface area contributed by atoms with Crippen LogP contribution in [0.15, 0.2) is 61.1 Å². The molecule has 3 aromatic rings. The molecule has 0 spiro atoms. The van der Waals surface area contributed by atoms with Gasteiger partial charge in [0, 0.05) is 62.6 Å². The SMILES string of the molecule is C=C(CCn1cc(-c2cnc(N)c(OC(F)(F)F)c2)nc1COCc1ccccc1)N1CCC(F)(F)CC1. The number of imidazole rings is 1. The number of ether oxygens (including phenoxy) is 2. The van der Waals surface area contributed by atoms with Gasteiger partial charge in [-0.05, 0) is 11.6 Å². The van der Waals surface area contributed by atoms with Crippen LogP contribution in [-0.2, 0) is 24.5 Å². The molecule has 0 aliphatic carbocycles. The first kappa shape index (κ1) is 27.4. The van der Waals surface area contributed by atoms with Gasteiger partial charge in [0.2, 0.25) is 0 Å². The summed E-state index contributed by atoms with van der Waals surface area (Å²) in [5.41, 5.74) is 7.88. The quantitative estimate of drug-likeness (QED) is 0.331. The van der Waals surface area contributed by atoms with Crippen molar-refractivity contribution in [2.24, 2.45) is 0 Å². The first-order valence-corrected chi connectivity index (χ1v) is 12.0. The zero-order chi connectivity index (χ0) is 27.3. The van der Waals surface area contributed by atoms with E-state index >= 15 is 0 Å². The number of alkyl halides is 5. The Bertz CT molecular complexity index is 1240. The molecule has 4 rings (SSSR count). The van der Waals surface area contributed by atoms with Crippen LogP contribution in [0.5, 0.6) is 5.75 Å². The number of likely N-dealkylation sites (tertiary alicyclic amines) is 1. The molecule has 2 aromatic heterocycles. The van der Waals surface area contributed by atoms with Crippen LogP contribution in [0.25, 0.3) is 11.3 Å². The fourth-order valence-electron chi connectivity index (χ4n) is 4.10. The van der Waals surface area contributed by atoms with Crippen LogP contribution < -0.4 is 10.5 Å². The lowest BCUT2D eigenvalue weighted by molar-refractivity contribution is -0.274. The average molecular weight is 538 g/mol. The summed E-state index contributed by atoms with van der Waals surface area (Å²) in [5.74, 6) is -3.15. The van der Waals surface area contributed by atoms with Crippen molar-refractivity contribution in [3.63, 3.8) is 0 Å². The van der Waals surface area contributed by atoms with Crippen molar-refractivity contribution in [3.8, 4) is 17.0 Å². The molecule has 204 valence electrons. The van der Waals surface area contributed by atoms with Crippen molar-refractivity contribution in [2.45, 2.75) is 51.3 Å². The Morgan fingerprint density at radius 3 is 2.50 bits per heavy atom. The van der Waals surface area contributed by atoms with Crippen LogP contribution in [0.4, 0.5) is 27.8 Å². The Hall–Kier alpha value is -3.67. The molecule has 38 heavy (non-hydrogen) atoms. The van der Waals surface area contributed by atoms with Gasteiger partial charge in [-0.3, -0.25) is 0 Å². The molecule has 7 nitrogen and oxygen atoms in total. The first-order chi connectivity index (χ1) is 18.0. The van der Waals surface area contributed by atoms with E-state index in [4.69, 9.17) is 10.5 Å². The van der Waals surface area contributed by atoms with Gasteiger partial charge in [-0.1, -0.05) is 36.9 Å². The molecule has 0 atom stereocenters. The monoisotopic (exact) mass is 537 g/mol. The lowest BCUT2D eigenvalue weighted by Crippen LogP contribution is -2.38. The highest BCUT2D eigenvalue weighted by Gasteiger charge is 2.34. The second kappa shape index (κ2) is 11.4. The number of hydrogen-bond acceptors (Lipinski definition) is 6. The number of anilines is 1. The topological polar surface area (TPSA) is 78.4 Å². The third kappa shape index (κ3) is 7.44. The molecule has 1 aliphatic rings. The van der Waals surface area contributed by atoms with Crippen LogP contribution in [0.2, 0.25) is 0 Å². The normalized spacial score (nSPS) is 15.4. The number of pyridine rings is 1. The molecule has 0 radical (unpaired) electrons. The van der Waals surface area contributed by atoms with E-state index in [0.717, 1.165) is 17.3 Å². The molecule has 0 saturated carbocycles. The van der Waals surface area contributed by atoms with E-state index in [-0.39, 0.29) is 38.1 Å². The third-order valence-electron chi connectivity index (χ3n) is 6.19. The van der Waals surface area contributed by atoms with Crippen LogP contribution >= 0.6 is 0 Å². The largest absolute Gasteiger partial charge is 0.573 e. The number of allylic oxidation sites excluding steroid dienone is 1. The molecule has 1 aromatic carbocycles. The standard InChI is InChI=1S/C26H28F5N5O2/c1-18(35-11-8-25(27,28)9-12-35)7-10-36-15-21(20-13-22(24(32)33-14-20)38-26(29,30)31)34-23(36)17-37-16-19-5-3-2-4-6-19/h2-6,13-15H,1,7-12,16-17H2,(H2,32,33). The Morgan fingerprint density at radius 1 is 1.11 bits per heavy atom. The van der Waals surface area contributed by atoms with Crippen molar-refractivity contribution >= 4 is 5.82 Å². The van der Waals surface area contributed by atoms with Crippen molar-refractivity contribution in [2.75, 3.05) is 18.8 Å². The fourth-order valence-corrected chi connectivity index (χ4v) is 4.10. The number of hydrogen-bond donors (Lipinski definition) is 1. The van der Waals surface area contributed by atoms with Crippen molar-refractivity contribution < 1.29 is 31.4 Å². The summed E-state index contributed by atoms with van der Waals surface area (Å²) in [7, 11) is 0. The maximum atomic E-state index is 13.5. The zero-order valence-electron chi connectivity index (χ0n) is 20.6. The molecule has 2 N–H and O–H groups in total. The minimum absolute atomic E-state index is 0.131. The number of piperidine rings is 1. The van der Waals surface area contributed by atoms with Crippen molar-refractivity contribution in [3.05, 3.63) is 72.5 Å². The van der Waals surface area contributed by atoms with Crippen LogP contribution in [0, 0.1) is 0 Å². The van der Waals surface area contributed by atoms with Crippen LogP contribution in [0.3, 0.4) is 0 Å². The van der Waals surface area contributed by atoms with Crippen molar-refractivity contribution in [1.29, 1.82) is 0 Å². The molecular weight excluding hydrogens is 509 g/mol. The van der Waals surface area contributed by atoms with E-state index < -0.39 is 23.9 Å². The van der Waals surface area contributed by atoms with Gasteiger partial charge in [0.05, 0.1) is 12.3 Å². The number of aryl methyl sites for hydroxylation is 1. The minimum atomic E-state index is -4.93. The summed E-state index contributed by atoms with van der Waals surface area (Å²) in [5, 5.41) is 0. The highest BCUT2D eigenvalue weighted by molar-refractivity contribution is 5.63. The van der Waals surface area contributed by atoms with Gasteiger partial charge in [-0.15, -0.1) is 13.2 Å². The van der Waals surface area contributed by atoms with Crippen LogP contribution in [-0.4, -0.2) is 44.8 Å². The molecule has 12 heteroatoms. The summed E-state index contributed by atoms with van der Waals surface area (Å²) in [6.07, 6.45) is -1.91. The molecule has 0 amide bonds. The number of rotatable bonds is 10. The number of aromatic nitrogens is 3. The second-order valence-corrected chi connectivity index (χ2v) is 9.03. The van der Waals surface area contributed by atoms with E-state index in [9.17, 15) is 22.0 Å². The first-order valence-electron chi connectivity index (χ1n) is 12.0. The third-order valence-corrected chi connectivity index (χ3v) is 6.19. The number of nitrogen functional groups attached to an aromatic ring is 1. The number of nitrogens with two attached hydrogens (primary N) is 1. The molecule has 3 heterocycles. The maximum Gasteiger partial charge on any atom is 0.573 e. The van der Waals surface area contributed by atoms with Gasteiger partial charge >= 0.3 is 6.36 Å². The molecule has 0 bridgehead atoms. The van der Waals surface area contributed by atoms with Crippen molar-refractivity contribution in [1.82, 2.24) is 19.4 Å². The molecule has 1 saturated heterocycles. The highest BCUT2D eigenvalue weighted by atomic mass is 19.4. The minimum Gasteiger partial charge on any atom is -0.402 e. The highest BCUT2D eigenvalue weighted by Crippen LogP contribution is 2.32. The van der Waals surface area contributed by atoms with E-state index in [1.54, 1.807) is 6.20 Å². The van der Waals surface area contributed by atoms with E-state index in [1.807, 2.05) is 39.8 Å². The predicted molar refractivity (Wildman–Crippen MR) is 131 cm³/mol. The number of nitrogens with zero attached hydrogens (tertiary/aromatic N) is 4. The number of benzene rings is 1. The summed E-state index contributed by atoms with van der Waals surface area (Å²) in [6, 6.07) is 10.7. The summed E-state index contributed by atoms with van der Waals surface area (Å²) >= 11 is 0. The van der Waals surface area contributed by atoms with Gasteiger partial charge < -0.3 is 24.7 Å². The summed E-state index contributed by atoms with van der Waals surface area (Å²) < 4.78 is 77.0. The predicted octanol–water partition coefficient (Wildman–Crippen LogP) is 5.78. The van der Waals surface area contributed by atoms with Gasteiger partial charge in [0.25, 0.3) is 5.92 Å². The van der Waals surface area contributed by atoms with E-state index in [2.05, 4.69) is 21.3 Å². The molecular formula is C26H28F5N5O2. The average Bonchev–Trinajstić information content (AvgIpc) is 3.26. The smallest absolute Gasteiger partial charge is 0.402 e. The molecule has 1 fully saturated rings. The fraction of sp³-hybridized carbons (Fsp3) is 0.385. The Kier molecular flexibility index (Phi) is 8.20.